The molecular weight excluding hydrogens is 212 g/mol. The molecule has 100 valence electrons. The van der Waals surface area contributed by atoms with Gasteiger partial charge in [0.05, 0.1) is 5.54 Å². The monoisotopic (exact) mass is 240 g/mol. The normalized spacial score (nSPS) is 28.9. The van der Waals surface area contributed by atoms with Gasteiger partial charge in [-0.05, 0) is 38.0 Å². The molecule has 2 unspecified atom stereocenters. The highest BCUT2D eigenvalue weighted by molar-refractivity contribution is 5.85. The number of likely N-dealkylation sites (tertiary alicyclic amines) is 1. The third-order valence-electron chi connectivity index (χ3n) is 4.18. The van der Waals surface area contributed by atoms with Crippen molar-refractivity contribution >= 4 is 5.91 Å². The largest absolute Gasteiger partial charge is 0.341 e. The van der Waals surface area contributed by atoms with Gasteiger partial charge in [-0.1, -0.05) is 27.2 Å². The molecule has 0 radical (unpaired) electrons. The van der Waals surface area contributed by atoms with Crippen LogP contribution >= 0.6 is 0 Å². The van der Waals surface area contributed by atoms with E-state index in [-0.39, 0.29) is 11.3 Å². The number of piperidine rings is 1. The fraction of sp³-hybridized carbons (Fsp3) is 0.929. The zero-order valence-corrected chi connectivity index (χ0v) is 11.9. The van der Waals surface area contributed by atoms with E-state index in [4.69, 9.17) is 5.73 Å². The summed E-state index contributed by atoms with van der Waals surface area (Å²) < 4.78 is 0. The molecule has 0 aromatic carbocycles. The van der Waals surface area contributed by atoms with Gasteiger partial charge in [0.1, 0.15) is 0 Å². The molecule has 1 amide bonds. The lowest BCUT2D eigenvalue weighted by atomic mass is 9.79. The van der Waals surface area contributed by atoms with Crippen LogP contribution in [0.15, 0.2) is 0 Å². The Kier molecular flexibility index (Phi) is 4.59. The van der Waals surface area contributed by atoms with Gasteiger partial charge in [0.15, 0.2) is 0 Å². The van der Waals surface area contributed by atoms with E-state index in [1.165, 1.54) is 6.42 Å². The van der Waals surface area contributed by atoms with Gasteiger partial charge in [-0.3, -0.25) is 4.79 Å². The van der Waals surface area contributed by atoms with Crippen LogP contribution in [0.5, 0.6) is 0 Å². The van der Waals surface area contributed by atoms with E-state index < -0.39 is 5.54 Å². The van der Waals surface area contributed by atoms with E-state index in [0.717, 1.165) is 38.8 Å². The van der Waals surface area contributed by atoms with E-state index in [2.05, 4.69) is 20.8 Å². The fourth-order valence-electron chi connectivity index (χ4n) is 2.76. The summed E-state index contributed by atoms with van der Waals surface area (Å²) in [6.45, 7) is 10.2. The van der Waals surface area contributed by atoms with E-state index in [1.807, 2.05) is 11.8 Å². The average Bonchev–Trinajstić information content (AvgIpc) is 2.28. The molecule has 0 spiro atoms. The van der Waals surface area contributed by atoms with Crippen LogP contribution < -0.4 is 5.73 Å². The molecule has 1 aliphatic heterocycles. The number of nitrogens with two attached hydrogens (primary N) is 1. The Morgan fingerprint density at radius 2 is 2.12 bits per heavy atom. The zero-order chi connectivity index (χ0) is 13.1. The summed E-state index contributed by atoms with van der Waals surface area (Å²) in [5.74, 6) is 0.138. The van der Waals surface area contributed by atoms with Gasteiger partial charge in [-0.15, -0.1) is 0 Å². The summed E-state index contributed by atoms with van der Waals surface area (Å²) in [6.07, 6.45) is 5.19. The van der Waals surface area contributed by atoms with Gasteiger partial charge in [0, 0.05) is 13.1 Å². The minimum absolute atomic E-state index is 0.138. The number of carbonyl (C=O) groups excluding carboxylic acids is 1. The van der Waals surface area contributed by atoms with Crippen molar-refractivity contribution in [3.63, 3.8) is 0 Å². The van der Waals surface area contributed by atoms with Crippen molar-refractivity contribution in [2.75, 3.05) is 13.1 Å². The van der Waals surface area contributed by atoms with Gasteiger partial charge >= 0.3 is 0 Å². The highest BCUT2D eigenvalue weighted by Gasteiger charge is 2.37. The van der Waals surface area contributed by atoms with Crippen LogP contribution in [0.3, 0.4) is 0 Å². The quantitative estimate of drug-likeness (QED) is 0.821. The van der Waals surface area contributed by atoms with Crippen molar-refractivity contribution in [3.8, 4) is 0 Å². The number of carbonyl (C=O) groups is 1. The van der Waals surface area contributed by atoms with E-state index in [9.17, 15) is 4.79 Å². The Bertz CT molecular complexity index is 275. The minimum Gasteiger partial charge on any atom is -0.341 e. The van der Waals surface area contributed by atoms with Crippen LogP contribution in [-0.2, 0) is 4.79 Å². The van der Waals surface area contributed by atoms with E-state index in [0.29, 0.717) is 0 Å². The molecule has 1 aliphatic rings. The maximum absolute atomic E-state index is 12.4. The smallest absolute Gasteiger partial charge is 0.242 e. The summed E-state index contributed by atoms with van der Waals surface area (Å²) in [5, 5.41) is 0. The van der Waals surface area contributed by atoms with Crippen LogP contribution in [0.4, 0.5) is 0 Å². The molecule has 1 fully saturated rings. The lowest BCUT2D eigenvalue weighted by Gasteiger charge is -2.42. The second-order valence-electron chi connectivity index (χ2n) is 6.16. The molecule has 0 aromatic heterocycles. The maximum atomic E-state index is 12.4. The Hall–Kier alpha value is -0.570. The van der Waals surface area contributed by atoms with Crippen LogP contribution in [-0.4, -0.2) is 29.4 Å². The lowest BCUT2D eigenvalue weighted by molar-refractivity contribution is -0.140. The molecule has 3 heteroatoms. The topological polar surface area (TPSA) is 46.3 Å². The minimum atomic E-state index is -0.680. The first-order valence-corrected chi connectivity index (χ1v) is 6.93. The molecule has 3 nitrogen and oxygen atoms in total. The van der Waals surface area contributed by atoms with Crippen molar-refractivity contribution in [1.82, 2.24) is 4.90 Å². The average molecular weight is 240 g/mol. The SMILES string of the molecule is CCCC(C)(N)C(=O)N1CCCC(C)(CC)C1. The predicted octanol–water partition coefficient (Wildman–Crippen LogP) is 2.54. The molecule has 0 bridgehead atoms. The van der Waals surface area contributed by atoms with Gasteiger partial charge in [0.2, 0.25) is 5.91 Å². The first-order valence-electron chi connectivity index (χ1n) is 6.93. The van der Waals surface area contributed by atoms with Crippen molar-refractivity contribution in [2.45, 2.75) is 65.3 Å². The molecule has 1 rings (SSSR count). The van der Waals surface area contributed by atoms with Gasteiger partial charge in [0.25, 0.3) is 0 Å². The number of nitrogens with zero attached hydrogens (tertiary/aromatic N) is 1. The van der Waals surface area contributed by atoms with Gasteiger partial charge < -0.3 is 10.6 Å². The van der Waals surface area contributed by atoms with Crippen molar-refractivity contribution in [1.29, 1.82) is 0 Å². The molecule has 1 heterocycles. The number of amides is 1. The molecule has 0 saturated carbocycles. The molecule has 2 N–H and O–H groups in total. The standard InChI is InChI=1S/C14H28N2O/c1-5-8-14(4,15)12(17)16-10-7-9-13(3,6-2)11-16/h5-11,15H2,1-4H3. The maximum Gasteiger partial charge on any atom is 0.242 e. The molecule has 2 atom stereocenters. The zero-order valence-electron chi connectivity index (χ0n) is 11.9. The Morgan fingerprint density at radius 1 is 1.47 bits per heavy atom. The van der Waals surface area contributed by atoms with Crippen LogP contribution in [0, 0.1) is 5.41 Å². The Labute approximate surface area is 106 Å². The lowest BCUT2D eigenvalue weighted by Crippen LogP contribution is -2.56. The van der Waals surface area contributed by atoms with Crippen molar-refractivity contribution < 1.29 is 4.79 Å². The second-order valence-corrected chi connectivity index (χ2v) is 6.16. The summed E-state index contributed by atoms with van der Waals surface area (Å²) in [5.41, 5.74) is 5.75. The van der Waals surface area contributed by atoms with Crippen LogP contribution in [0.2, 0.25) is 0 Å². The molecule has 17 heavy (non-hydrogen) atoms. The van der Waals surface area contributed by atoms with E-state index in [1.54, 1.807) is 0 Å². The summed E-state index contributed by atoms with van der Waals surface area (Å²) in [6, 6.07) is 0. The van der Waals surface area contributed by atoms with Crippen molar-refractivity contribution in [3.05, 3.63) is 0 Å². The summed E-state index contributed by atoms with van der Waals surface area (Å²) in [7, 11) is 0. The number of hydrogen-bond acceptors (Lipinski definition) is 2. The summed E-state index contributed by atoms with van der Waals surface area (Å²) >= 11 is 0. The third-order valence-corrected chi connectivity index (χ3v) is 4.18. The molecule has 0 aromatic rings. The molecule has 0 aliphatic carbocycles. The Morgan fingerprint density at radius 3 is 2.65 bits per heavy atom. The third kappa shape index (κ3) is 3.44. The first-order chi connectivity index (χ1) is 7.84. The fourth-order valence-corrected chi connectivity index (χ4v) is 2.76. The van der Waals surface area contributed by atoms with Gasteiger partial charge in [-0.2, -0.15) is 0 Å². The number of rotatable bonds is 4. The van der Waals surface area contributed by atoms with Crippen LogP contribution in [0.1, 0.15) is 59.8 Å². The van der Waals surface area contributed by atoms with Gasteiger partial charge in [-0.25, -0.2) is 0 Å². The highest BCUT2D eigenvalue weighted by Crippen LogP contribution is 2.33. The second kappa shape index (κ2) is 5.38. The molecular formula is C14H28N2O. The summed E-state index contributed by atoms with van der Waals surface area (Å²) in [4.78, 5) is 14.4. The first kappa shape index (κ1) is 14.5. The number of hydrogen-bond donors (Lipinski definition) is 1. The van der Waals surface area contributed by atoms with Crippen LogP contribution in [0.25, 0.3) is 0 Å². The Balaban J connectivity index is 2.70. The van der Waals surface area contributed by atoms with Crippen molar-refractivity contribution in [2.24, 2.45) is 11.1 Å². The molecule has 1 saturated heterocycles. The highest BCUT2D eigenvalue weighted by atomic mass is 16.2. The van der Waals surface area contributed by atoms with E-state index >= 15 is 0 Å². The predicted molar refractivity (Wildman–Crippen MR) is 71.7 cm³/mol.